The minimum absolute atomic E-state index is 0.244. The van der Waals surface area contributed by atoms with E-state index in [2.05, 4.69) is 23.7 Å². The fraction of sp³-hybridized carbons (Fsp3) is 0.400. The number of anilines is 1. The minimum atomic E-state index is -0.503. The number of hydrogen-bond acceptors (Lipinski definition) is 4. The van der Waals surface area contributed by atoms with Gasteiger partial charge in [0.1, 0.15) is 5.75 Å². The first-order chi connectivity index (χ1) is 12.2. The molecule has 0 saturated carbocycles. The van der Waals surface area contributed by atoms with Crippen LogP contribution in [-0.2, 0) is 9.53 Å². The van der Waals surface area contributed by atoms with Crippen LogP contribution in [0, 0.1) is 20.8 Å². The van der Waals surface area contributed by atoms with E-state index in [1.165, 1.54) is 7.11 Å². The molecule has 1 amide bonds. The van der Waals surface area contributed by atoms with Crippen molar-refractivity contribution in [3.8, 4) is 5.75 Å². The van der Waals surface area contributed by atoms with E-state index in [1.54, 1.807) is 18.2 Å². The summed E-state index contributed by atoms with van der Waals surface area (Å²) in [5, 5.41) is 2.71. The highest BCUT2D eigenvalue weighted by atomic mass is 16.5. The summed E-state index contributed by atoms with van der Waals surface area (Å²) >= 11 is 0. The Kier molecular flexibility index (Phi) is 6.08. The third-order valence-electron chi connectivity index (χ3n) is 4.18. The Bertz CT molecular complexity index is 821. The van der Waals surface area contributed by atoms with Crippen molar-refractivity contribution in [3.05, 3.63) is 46.8 Å². The van der Waals surface area contributed by atoms with E-state index in [1.807, 2.05) is 26.8 Å². The molecule has 26 heavy (non-hydrogen) atoms. The number of carbonyl (C=O) groups is 2. The van der Waals surface area contributed by atoms with Crippen LogP contribution in [0.15, 0.2) is 24.3 Å². The molecule has 0 saturated heterocycles. The summed E-state index contributed by atoms with van der Waals surface area (Å²) in [5.74, 6) is -0.368. The predicted molar refractivity (Wildman–Crippen MR) is 101 cm³/mol. The number of amides is 1. The van der Waals surface area contributed by atoms with Gasteiger partial charge in [-0.1, -0.05) is 6.07 Å². The first kappa shape index (κ1) is 19.6. The quantitative estimate of drug-likeness (QED) is 0.798. The second-order valence-electron chi connectivity index (χ2n) is 6.58. The summed E-state index contributed by atoms with van der Waals surface area (Å²) in [6, 6.07) is 7.50. The van der Waals surface area contributed by atoms with Crippen LogP contribution in [0.25, 0.3) is 0 Å². The Morgan fingerprint density at radius 2 is 1.85 bits per heavy atom. The van der Waals surface area contributed by atoms with Gasteiger partial charge in [-0.05, 0) is 58.4 Å². The SMILES string of the molecule is COc1ccc(C)cc1NC(=O)COC(=O)c1cc(C)n(C(C)C)c1C. The number of aryl methyl sites for hydroxylation is 2. The highest BCUT2D eigenvalue weighted by Crippen LogP contribution is 2.25. The molecule has 6 heteroatoms. The van der Waals surface area contributed by atoms with Gasteiger partial charge in [-0.2, -0.15) is 0 Å². The number of ether oxygens (including phenoxy) is 2. The van der Waals surface area contributed by atoms with Gasteiger partial charge >= 0.3 is 5.97 Å². The first-order valence-electron chi connectivity index (χ1n) is 8.54. The maximum atomic E-state index is 12.3. The molecule has 0 bridgehead atoms. The molecule has 0 spiro atoms. The molecule has 0 aliphatic rings. The molecule has 2 aromatic rings. The predicted octanol–water partition coefficient (Wildman–Crippen LogP) is 3.80. The monoisotopic (exact) mass is 358 g/mol. The number of aromatic nitrogens is 1. The van der Waals surface area contributed by atoms with E-state index in [-0.39, 0.29) is 12.6 Å². The van der Waals surface area contributed by atoms with Gasteiger partial charge in [-0.15, -0.1) is 0 Å². The van der Waals surface area contributed by atoms with Crippen LogP contribution < -0.4 is 10.1 Å². The molecular formula is C20H26N2O4. The van der Waals surface area contributed by atoms with Crippen LogP contribution in [0.4, 0.5) is 5.69 Å². The minimum Gasteiger partial charge on any atom is -0.495 e. The second kappa shape index (κ2) is 8.08. The van der Waals surface area contributed by atoms with E-state index in [0.717, 1.165) is 17.0 Å². The van der Waals surface area contributed by atoms with Crippen LogP contribution in [0.1, 0.15) is 47.2 Å². The average Bonchev–Trinajstić information content (AvgIpc) is 2.87. The molecule has 140 valence electrons. The van der Waals surface area contributed by atoms with E-state index in [4.69, 9.17) is 9.47 Å². The molecule has 1 aromatic heterocycles. The Morgan fingerprint density at radius 3 is 2.42 bits per heavy atom. The fourth-order valence-electron chi connectivity index (χ4n) is 3.09. The van der Waals surface area contributed by atoms with Crippen LogP contribution in [0.3, 0.4) is 0 Å². The van der Waals surface area contributed by atoms with E-state index < -0.39 is 11.9 Å². The van der Waals surface area contributed by atoms with Crippen LogP contribution in [0.2, 0.25) is 0 Å². The number of rotatable bonds is 6. The highest BCUT2D eigenvalue weighted by molar-refractivity contribution is 5.97. The standard InChI is InChI=1S/C20H26N2O4/c1-12(2)22-14(4)10-16(15(22)5)20(24)26-11-19(23)21-17-9-13(3)7-8-18(17)25-6/h7-10,12H,11H2,1-6H3,(H,21,23). The van der Waals surface area contributed by atoms with Crippen molar-refractivity contribution in [2.24, 2.45) is 0 Å². The van der Waals surface area contributed by atoms with Gasteiger partial charge in [-0.25, -0.2) is 4.79 Å². The van der Waals surface area contributed by atoms with Gasteiger partial charge in [0.05, 0.1) is 18.4 Å². The first-order valence-corrected chi connectivity index (χ1v) is 8.54. The van der Waals surface area contributed by atoms with Crippen LogP contribution in [-0.4, -0.2) is 30.2 Å². The van der Waals surface area contributed by atoms with Crippen molar-refractivity contribution < 1.29 is 19.1 Å². The Labute approximate surface area is 154 Å². The van der Waals surface area contributed by atoms with Crippen molar-refractivity contribution in [2.75, 3.05) is 19.0 Å². The van der Waals surface area contributed by atoms with E-state index in [0.29, 0.717) is 17.0 Å². The lowest BCUT2D eigenvalue weighted by atomic mass is 10.2. The largest absolute Gasteiger partial charge is 0.495 e. The van der Waals surface area contributed by atoms with Gasteiger partial charge in [-0.3, -0.25) is 4.79 Å². The number of hydrogen-bond donors (Lipinski definition) is 1. The van der Waals surface area contributed by atoms with Crippen molar-refractivity contribution >= 4 is 17.6 Å². The summed E-state index contributed by atoms with van der Waals surface area (Å²) in [5.41, 5.74) is 3.84. The molecule has 1 heterocycles. The lowest BCUT2D eigenvalue weighted by Gasteiger charge is -2.13. The molecule has 0 aliphatic carbocycles. The van der Waals surface area contributed by atoms with Crippen molar-refractivity contribution in [3.63, 3.8) is 0 Å². The molecule has 0 atom stereocenters. The number of esters is 1. The second-order valence-corrected chi connectivity index (χ2v) is 6.58. The Balaban J connectivity index is 2.03. The number of carbonyl (C=O) groups excluding carboxylic acids is 2. The lowest BCUT2D eigenvalue weighted by molar-refractivity contribution is -0.119. The van der Waals surface area contributed by atoms with Gasteiger partial charge in [0.2, 0.25) is 0 Å². The third kappa shape index (κ3) is 4.25. The Hall–Kier alpha value is -2.76. The number of nitrogens with one attached hydrogen (secondary N) is 1. The molecule has 0 fully saturated rings. The molecule has 0 radical (unpaired) electrons. The summed E-state index contributed by atoms with van der Waals surface area (Å²) in [6.45, 7) is 9.48. The zero-order chi connectivity index (χ0) is 19.4. The lowest BCUT2D eigenvalue weighted by Crippen LogP contribution is -2.21. The maximum Gasteiger partial charge on any atom is 0.340 e. The molecule has 0 unspecified atom stereocenters. The van der Waals surface area contributed by atoms with Crippen molar-refractivity contribution in [2.45, 2.75) is 40.7 Å². The molecular weight excluding hydrogens is 332 g/mol. The van der Waals surface area contributed by atoms with Gasteiger partial charge in [0.15, 0.2) is 6.61 Å². The normalized spacial score (nSPS) is 10.7. The zero-order valence-electron chi connectivity index (χ0n) is 16.2. The van der Waals surface area contributed by atoms with Crippen molar-refractivity contribution in [1.82, 2.24) is 4.57 Å². The average molecular weight is 358 g/mol. The number of benzene rings is 1. The molecule has 0 aliphatic heterocycles. The molecule has 1 aromatic carbocycles. The number of methoxy groups -OCH3 is 1. The Morgan fingerprint density at radius 1 is 1.15 bits per heavy atom. The molecule has 1 N–H and O–H groups in total. The van der Waals surface area contributed by atoms with Gasteiger partial charge in [0, 0.05) is 17.4 Å². The third-order valence-corrected chi connectivity index (χ3v) is 4.18. The molecule has 2 rings (SSSR count). The summed E-state index contributed by atoms with van der Waals surface area (Å²) < 4.78 is 12.5. The van der Waals surface area contributed by atoms with Gasteiger partial charge < -0.3 is 19.4 Å². The summed E-state index contributed by atoms with van der Waals surface area (Å²) in [6.07, 6.45) is 0. The summed E-state index contributed by atoms with van der Waals surface area (Å²) in [4.78, 5) is 24.5. The summed E-state index contributed by atoms with van der Waals surface area (Å²) in [7, 11) is 1.53. The van der Waals surface area contributed by atoms with Crippen LogP contribution >= 0.6 is 0 Å². The fourth-order valence-corrected chi connectivity index (χ4v) is 3.09. The number of nitrogens with zero attached hydrogens (tertiary/aromatic N) is 1. The van der Waals surface area contributed by atoms with E-state index >= 15 is 0 Å². The van der Waals surface area contributed by atoms with E-state index in [9.17, 15) is 9.59 Å². The smallest absolute Gasteiger partial charge is 0.340 e. The molecule has 6 nitrogen and oxygen atoms in total. The van der Waals surface area contributed by atoms with Gasteiger partial charge in [0.25, 0.3) is 5.91 Å². The van der Waals surface area contributed by atoms with Crippen molar-refractivity contribution in [1.29, 1.82) is 0 Å². The maximum absolute atomic E-state index is 12.3. The highest BCUT2D eigenvalue weighted by Gasteiger charge is 2.19. The topological polar surface area (TPSA) is 69.6 Å². The van der Waals surface area contributed by atoms with Crippen LogP contribution in [0.5, 0.6) is 5.75 Å². The zero-order valence-corrected chi connectivity index (χ0v) is 16.2.